The minimum absolute atomic E-state index is 0.105. The average molecular weight is 442 g/mol. The van der Waals surface area contributed by atoms with Gasteiger partial charge in [0, 0.05) is 30.5 Å². The van der Waals surface area contributed by atoms with E-state index in [-0.39, 0.29) is 11.4 Å². The Morgan fingerprint density at radius 1 is 1.10 bits per heavy atom. The Balaban J connectivity index is 1.43. The predicted molar refractivity (Wildman–Crippen MR) is 111 cm³/mol. The number of aromatic amines is 1. The molecule has 0 unspecified atom stereocenters. The van der Waals surface area contributed by atoms with E-state index in [1.165, 1.54) is 0 Å². The Morgan fingerprint density at radius 2 is 1.94 bits per heavy atom. The lowest BCUT2D eigenvalue weighted by molar-refractivity contribution is -0.141. The number of hydrogen-bond acceptors (Lipinski definition) is 6. The van der Waals surface area contributed by atoms with Gasteiger partial charge in [0.1, 0.15) is 16.5 Å². The van der Waals surface area contributed by atoms with E-state index in [9.17, 15) is 13.2 Å². The van der Waals surface area contributed by atoms with Gasteiger partial charge in [-0.1, -0.05) is 6.07 Å². The Morgan fingerprint density at radius 3 is 2.65 bits per heavy atom. The van der Waals surface area contributed by atoms with E-state index >= 15 is 0 Å². The number of nitrogens with one attached hydrogen (secondary N) is 2. The molecule has 2 N–H and O–H groups in total. The largest absolute Gasteiger partial charge is 0.433 e. The molecule has 1 aliphatic rings. The number of halogens is 3. The van der Waals surface area contributed by atoms with Crippen LogP contribution in [0, 0.1) is 6.92 Å². The number of aromatic nitrogens is 5. The van der Waals surface area contributed by atoms with Crippen molar-refractivity contribution >= 4 is 23.0 Å². The van der Waals surface area contributed by atoms with Crippen LogP contribution in [0.2, 0.25) is 0 Å². The monoisotopic (exact) mass is 442 g/mol. The van der Waals surface area contributed by atoms with Crippen molar-refractivity contribution in [2.75, 3.05) is 5.32 Å². The van der Waals surface area contributed by atoms with E-state index in [1.54, 1.807) is 17.5 Å². The Bertz CT molecular complexity index is 1230. The zero-order valence-electron chi connectivity index (χ0n) is 16.4. The molecule has 0 aliphatic heterocycles. The van der Waals surface area contributed by atoms with Crippen molar-refractivity contribution in [1.82, 2.24) is 24.9 Å². The minimum Gasteiger partial charge on any atom is -0.348 e. The number of nitrogens with zero attached hydrogens (tertiary/aromatic N) is 4. The first-order valence-corrected chi connectivity index (χ1v) is 10.4. The SMILES string of the molecule is Cc1cc(Nc2nccc(C(F)(F)F)n2)cc(-c2cnc(C3(c4ncc[nH]4)CC3)s2)c1. The zero-order valence-corrected chi connectivity index (χ0v) is 17.2. The molecule has 5 rings (SSSR count). The number of anilines is 2. The molecule has 1 saturated carbocycles. The molecule has 0 amide bonds. The summed E-state index contributed by atoms with van der Waals surface area (Å²) in [6.45, 7) is 1.93. The third-order valence-electron chi connectivity index (χ3n) is 5.18. The molecule has 10 heteroatoms. The van der Waals surface area contributed by atoms with Crippen molar-refractivity contribution in [3.63, 3.8) is 0 Å². The molecule has 0 atom stereocenters. The number of rotatable bonds is 5. The van der Waals surface area contributed by atoms with E-state index in [1.807, 2.05) is 37.5 Å². The van der Waals surface area contributed by atoms with Gasteiger partial charge in [0.05, 0.1) is 10.3 Å². The van der Waals surface area contributed by atoms with E-state index in [4.69, 9.17) is 0 Å². The van der Waals surface area contributed by atoms with Crippen molar-refractivity contribution in [1.29, 1.82) is 0 Å². The van der Waals surface area contributed by atoms with Crippen molar-refractivity contribution < 1.29 is 13.2 Å². The predicted octanol–water partition coefficient (Wildman–Crippen LogP) is 5.47. The van der Waals surface area contributed by atoms with Crippen LogP contribution < -0.4 is 5.32 Å². The van der Waals surface area contributed by atoms with Crippen LogP contribution in [0.1, 0.15) is 34.9 Å². The number of aryl methyl sites for hydroxylation is 1. The highest BCUT2D eigenvalue weighted by Crippen LogP contribution is 2.54. The molecule has 1 aromatic carbocycles. The van der Waals surface area contributed by atoms with Crippen molar-refractivity contribution in [2.24, 2.45) is 0 Å². The van der Waals surface area contributed by atoms with Crippen LogP contribution in [0.5, 0.6) is 0 Å². The first-order valence-electron chi connectivity index (χ1n) is 9.59. The van der Waals surface area contributed by atoms with E-state index in [2.05, 4.69) is 30.2 Å². The van der Waals surface area contributed by atoms with Gasteiger partial charge in [-0.3, -0.25) is 0 Å². The Labute approximate surface area is 179 Å². The molecule has 31 heavy (non-hydrogen) atoms. The first-order chi connectivity index (χ1) is 14.8. The van der Waals surface area contributed by atoms with Crippen molar-refractivity contribution in [2.45, 2.75) is 31.4 Å². The molecular weight excluding hydrogens is 425 g/mol. The number of thiazole rings is 1. The summed E-state index contributed by atoms with van der Waals surface area (Å²) < 4.78 is 38.8. The van der Waals surface area contributed by atoms with Gasteiger partial charge in [0.2, 0.25) is 5.95 Å². The summed E-state index contributed by atoms with van der Waals surface area (Å²) in [5, 5.41) is 3.90. The second kappa shape index (κ2) is 7.16. The van der Waals surface area contributed by atoms with Crippen LogP contribution in [0.3, 0.4) is 0 Å². The van der Waals surface area contributed by atoms with Gasteiger partial charge in [-0.25, -0.2) is 19.9 Å². The van der Waals surface area contributed by atoms with E-state index < -0.39 is 11.9 Å². The Kier molecular flexibility index (Phi) is 4.54. The Hall–Kier alpha value is -3.27. The summed E-state index contributed by atoms with van der Waals surface area (Å²) in [5.74, 6) is 0.827. The fourth-order valence-corrected chi connectivity index (χ4v) is 4.69. The molecule has 158 valence electrons. The second-order valence-corrected chi connectivity index (χ2v) is 8.56. The van der Waals surface area contributed by atoms with Crippen LogP contribution in [-0.4, -0.2) is 24.9 Å². The summed E-state index contributed by atoms with van der Waals surface area (Å²) in [6.07, 6.45) is 3.97. The highest BCUT2D eigenvalue weighted by molar-refractivity contribution is 7.15. The minimum atomic E-state index is -4.52. The maximum Gasteiger partial charge on any atom is 0.433 e. The quantitative estimate of drug-likeness (QED) is 0.428. The molecule has 3 heterocycles. The maximum absolute atomic E-state index is 12.9. The molecule has 1 aliphatic carbocycles. The molecule has 1 fully saturated rings. The molecule has 0 radical (unpaired) electrons. The molecule has 3 aromatic heterocycles. The molecule has 0 saturated heterocycles. The van der Waals surface area contributed by atoms with Crippen molar-refractivity contribution in [3.05, 3.63) is 71.1 Å². The summed E-state index contributed by atoms with van der Waals surface area (Å²) in [6, 6.07) is 6.56. The lowest BCUT2D eigenvalue weighted by Gasteiger charge is -2.10. The van der Waals surface area contributed by atoms with Gasteiger partial charge in [-0.2, -0.15) is 13.2 Å². The number of hydrogen-bond donors (Lipinski definition) is 2. The topological polar surface area (TPSA) is 79.4 Å². The lowest BCUT2D eigenvalue weighted by atomic mass is 10.1. The maximum atomic E-state index is 12.9. The van der Waals surface area contributed by atoms with Crippen LogP contribution in [0.25, 0.3) is 10.4 Å². The third-order valence-corrected chi connectivity index (χ3v) is 6.43. The van der Waals surface area contributed by atoms with Gasteiger partial charge in [-0.05, 0) is 49.1 Å². The summed E-state index contributed by atoms with van der Waals surface area (Å²) in [5.41, 5.74) is 1.36. The number of H-pyrrole nitrogens is 1. The first kappa shape index (κ1) is 19.7. The zero-order chi connectivity index (χ0) is 21.6. The molecular formula is C21H17F3N6S. The summed E-state index contributed by atoms with van der Waals surface area (Å²) in [7, 11) is 0. The summed E-state index contributed by atoms with van der Waals surface area (Å²) in [4.78, 5) is 20.7. The number of benzene rings is 1. The normalized spacial score (nSPS) is 15.1. The van der Waals surface area contributed by atoms with Crippen LogP contribution in [0.4, 0.5) is 24.8 Å². The van der Waals surface area contributed by atoms with E-state index in [0.717, 1.165) is 51.9 Å². The van der Waals surface area contributed by atoms with Gasteiger partial charge in [0.25, 0.3) is 0 Å². The number of alkyl halides is 3. The lowest BCUT2D eigenvalue weighted by Crippen LogP contribution is -2.10. The van der Waals surface area contributed by atoms with Gasteiger partial charge < -0.3 is 10.3 Å². The van der Waals surface area contributed by atoms with Gasteiger partial charge in [-0.15, -0.1) is 11.3 Å². The van der Waals surface area contributed by atoms with Crippen LogP contribution in [0.15, 0.2) is 49.1 Å². The molecule has 4 aromatic rings. The fourth-order valence-electron chi connectivity index (χ4n) is 3.54. The van der Waals surface area contributed by atoms with Crippen LogP contribution >= 0.6 is 11.3 Å². The summed E-state index contributed by atoms with van der Waals surface area (Å²) >= 11 is 1.60. The highest BCUT2D eigenvalue weighted by Gasteiger charge is 2.50. The van der Waals surface area contributed by atoms with Gasteiger partial charge >= 0.3 is 6.18 Å². The fraction of sp³-hybridized carbons (Fsp3) is 0.238. The molecule has 0 spiro atoms. The van der Waals surface area contributed by atoms with Crippen molar-refractivity contribution in [3.8, 4) is 10.4 Å². The van der Waals surface area contributed by atoms with Gasteiger partial charge in [0.15, 0.2) is 0 Å². The average Bonchev–Trinajstić information content (AvgIpc) is 3.15. The van der Waals surface area contributed by atoms with Crippen LogP contribution in [-0.2, 0) is 11.6 Å². The molecule has 6 nitrogen and oxygen atoms in total. The third kappa shape index (κ3) is 3.78. The smallest absolute Gasteiger partial charge is 0.348 e. The number of imidazole rings is 1. The standard InChI is InChI=1S/C21H17F3N6S/c1-12-8-13(10-14(9-12)29-19-27-5-2-16(30-19)21(22,23)24)15-11-28-18(31-15)20(3-4-20)17-25-6-7-26-17/h2,5-11H,3-4H2,1H3,(H,25,26)(H,27,29,30). The molecule has 0 bridgehead atoms. The highest BCUT2D eigenvalue weighted by atomic mass is 32.1. The second-order valence-electron chi connectivity index (χ2n) is 7.53. The van der Waals surface area contributed by atoms with E-state index in [0.29, 0.717) is 5.69 Å².